The molecule has 0 radical (unpaired) electrons. The van der Waals surface area contributed by atoms with Gasteiger partial charge in [-0.15, -0.1) is 0 Å². The van der Waals surface area contributed by atoms with E-state index in [1.807, 2.05) is 6.92 Å². The molecule has 10 heteroatoms. The second-order valence-corrected chi connectivity index (χ2v) is 7.61. The zero-order chi connectivity index (χ0) is 20.4. The lowest BCUT2D eigenvalue weighted by Crippen LogP contribution is -2.33. The summed E-state index contributed by atoms with van der Waals surface area (Å²) in [4.78, 5) is 22.9. The van der Waals surface area contributed by atoms with Gasteiger partial charge >= 0.3 is 5.97 Å². The van der Waals surface area contributed by atoms with Crippen molar-refractivity contribution >= 4 is 44.9 Å². The molecule has 0 saturated heterocycles. The third kappa shape index (κ3) is 8.29. The van der Waals surface area contributed by atoms with Gasteiger partial charge < -0.3 is 10.1 Å². The summed E-state index contributed by atoms with van der Waals surface area (Å²) in [7, 11) is -3.59. The number of hydrogen-bond acceptors (Lipinski definition) is 6. The Morgan fingerprint density at radius 1 is 1.19 bits per heavy atom. The lowest BCUT2D eigenvalue weighted by molar-refractivity contribution is -0.137. The standard InChI is InChI=1S/C17H23N3O5S2/c1-4-12(3)20-27(23,24)14-8-6-13(7-9-14)18-17(26)19-15(21)10-11-16(22)25-5-2/h6-12,20H,4-5H2,1-3H3,(H2,18,19,21,26)/b11-10+. The molecule has 0 aliphatic rings. The summed E-state index contributed by atoms with van der Waals surface area (Å²) < 4.78 is 31.6. The van der Waals surface area contributed by atoms with Crippen LogP contribution in [0.15, 0.2) is 41.3 Å². The first-order valence-electron chi connectivity index (χ1n) is 8.27. The van der Waals surface area contributed by atoms with Crippen molar-refractivity contribution in [3.63, 3.8) is 0 Å². The average molecular weight is 414 g/mol. The average Bonchev–Trinajstić information content (AvgIpc) is 2.60. The predicted octanol–water partition coefficient (Wildman–Crippen LogP) is 1.70. The molecule has 0 spiro atoms. The zero-order valence-electron chi connectivity index (χ0n) is 15.3. The number of ether oxygens (including phenoxy) is 1. The highest BCUT2D eigenvalue weighted by Gasteiger charge is 2.16. The van der Waals surface area contributed by atoms with Crippen molar-refractivity contribution < 1.29 is 22.7 Å². The number of sulfonamides is 1. The van der Waals surface area contributed by atoms with Crippen molar-refractivity contribution in [3.05, 3.63) is 36.4 Å². The third-order valence-corrected chi connectivity index (χ3v) is 5.09. The monoisotopic (exact) mass is 413 g/mol. The molecular weight excluding hydrogens is 390 g/mol. The molecule has 0 aromatic heterocycles. The Bertz CT molecular complexity index is 804. The predicted molar refractivity (Wildman–Crippen MR) is 107 cm³/mol. The molecule has 0 aliphatic carbocycles. The lowest BCUT2D eigenvalue weighted by Gasteiger charge is -2.13. The van der Waals surface area contributed by atoms with Gasteiger partial charge in [0.1, 0.15) is 0 Å². The Kier molecular flexibility index (Phi) is 9.06. The van der Waals surface area contributed by atoms with Crippen molar-refractivity contribution in [3.8, 4) is 0 Å². The molecule has 3 N–H and O–H groups in total. The van der Waals surface area contributed by atoms with E-state index in [2.05, 4.69) is 20.1 Å². The molecule has 0 aliphatic heterocycles. The second kappa shape index (κ2) is 10.8. The third-order valence-electron chi connectivity index (χ3n) is 3.29. The number of hydrogen-bond donors (Lipinski definition) is 3. The quantitative estimate of drug-likeness (QED) is 0.338. The first-order chi connectivity index (χ1) is 12.7. The van der Waals surface area contributed by atoms with Gasteiger partial charge in [0.2, 0.25) is 15.9 Å². The molecule has 1 rings (SSSR count). The first-order valence-corrected chi connectivity index (χ1v) is 10.2. The number of thiocarbonyl (C=S) groups is 1. The fraction of sp³-hybridized carbons (Fsp3) is 0.353. The fourth-order valence-corrected chi connectivity index (χ4v) is 3.33. The van der Waals surface area contributed by atoms with Gasteiger partial charge in [0.05, 0.1) is 11.5 Å². The van der Waals surface area contributed by atoms with E-state index in [0.717, 1.165) is 12.2 Å². The minimum Gasteiger partial charge on any atom is -0.463 e. The summed E-state index contributed by atoms with van der Waals surface area (Å²) in [5, 5.41) is 5.11. The Hall–Kier alpha value is -2.30. The molecule has 1 aromatic carbocycles. The molecule has 1 atom stereocenters. The van der Waals surface area contributed by atoms with E-state index in [4.69, 9.17) is 12.2 Å². The van der Waals surface area contributed by atoms with E-state index in [1.165, 1.54) is 24.3 Å². The Balaban J connectivity index is 2.63. The van der Waals surface area contributed by atoms with E-state index in [-0.39, 0.29) is 22.7 Å². The fourth-order valence-electron chi connectivity index (χ4n) is 1.78. The van der Waals surface area contributed by atoms with Gasteiger partial charge in [-0.1, -0.05) is 6.92 Å². The van der Waals surface area contributed by atoms with Crippen LogP contribution in [0.2, 0.25) is 0 Å². The van der Waals surface area contributed by atoms with Gasteiger partial charge in [-0.2, -0.15) is 0 Å². The van der Waals surface area contributed by atoms with Crippen LogP contribution in [0.5, 0.6) is 0 Å². The molecule has 0 bridgehead atoms. The van der Waals surface area contributed by atoms with Gasteiger partial charge in [-0.3, -0.25) is 10.1 Å². The summed E-state index contributed by atoms with van der Waals surface area (Å²) in [6.07, 6.45) is 2.67. The van der Waals surface area contributed by atoms with Crippen LogP contribution < -0.4 is 15.4 Å². The van der Waals surface area contributed by atoms with Gasteiger partial charge in [0.15, 0.2) is 5.11 Å². The van der Waals surface area contributed by atoms with Crippen LogP contribution in [0.3, 0.4) is 0 Å². The number of carbonyl (C=O) groups is 2. The number of amides is 1. The number of esters is 1. The van der Waals surface area contributed by atoms with Crippen molar-refractivity contribution in [2.45, 2.75) is 38.1 Å². The number of benzene rings is 1. The maximum atomic E-state index is 12.2. The van der Waals surface area contributed by atoms with Gasteiger partial charge in [-0.05, 0) is 56.8 Å². The van der Waals surface area contributed by atoms with Crippen LogP contribution in [-0.4, -0.2) is 38.1 Å². The topological polar surface area (TPSA) is 114 Å². The van der Waals surface area contributed by atoms with E-state index >= 15 is 0 Å². The minimum atomic E-state index is -3.59. The van der Waals surface area contributed by atoms with Crippen molar-refractivity contribution in [1.82, 2.24) is 10.0 Å². The van der Waals surface area contributed by atoms with Crippen LogP contribution in [-0.2, 0) is 24.3 Å². The smallest absolute Gasteiger partial charge is 0.330 e. The Morgan fingerprint density at radius 2 is 1.81 bits per heavy atom. The van der Waals surface area contributed by atoms with Crippen LogP contribution >= 0.6 is 12.2 Å². The van der Waals surface area contributed by atoms with Crippen molar-refractivity contribution in [2.75, 3.05) is 11.9 Å². The summed E-state index contributed by atoms with van der Waals surface area (Å²) in [5.74, 6) is -1.23. The maximum Gasteiger partial charge on any atom is 0.330 e. The van der Waals surface area contributed by atoms with Crippen molar-refractivity contribution in [1.29, 1.82) is 0 Å². The number of nitrogens with one attached hydrogen (secondary N) is 3. The molecular formula is C17H23N3O5S2. The lowest BCUT2D eigenvalue weighted by atomic mass is 10.3. The molecule has 0 fully saturated rings. The van der Waals surface area contributed by atoms with E-state index < -0.39 is 21.9 Å². The molecule has 27 heavy (non-hydrogen) atoms. The number of rotatable bonds is 8. The summed E-state index contributed by atoms with van der Waals surface area (Å²) in [5.41, 5.74) is 0.497. The molecule has 0 heterocycles. The van der Waals surface area contributed by atoms with Gasteiger partial charge in [-0.25, -0.2) is 17.9 Å². The van der Waals surface area contributed by atoms with E-state index in [0.29, 0.717) is 12.1 Å². The summed E-state index contributed by atoms with van der Waals surface area (Å²) in [6, 6.07) is 5.74. The molecule has 1 amide bonds. The van der Waals surface area contributed by atoms with E-state index in [9.17, 15) is 18.0 Å². The second-order valence-electron chi connectivity index (χ2n) is 5.48. The highest BCUT2D eigenvalue weighted by atomic mass is 32.2. The van der Waals surface area contributed by atoms with Crippen LogP contribution in [0.1, 0.15) is 27.2 Å². The molecule has 8 nitrogen and oxygen atoms in total. The highest BCUT2D eigenvalue weighted by Crippen LogP contribution is 2.14. The van der Waals surface area contributed by atoms with Crippen LogP contribution in [0.25, 0.3) is 0 Å². The summed E-state index contributed by atoms with van der Waals surface area (Å²) >= 11 is 5.00. The largest absolute Gasteiger partial charge is 0.463 e. The van der Waals surface area contributed by atoms with Gasteiger partial charge in [0, 0.05) is 23.9 Å². The normalized spacial score (nSPS) is 12.4. The maximum absolute atomic E-state index is 12.2. The molecule has 148 valence electrons. The van der Waals surface area contributed by atoms with Gasteiger partial charge in [0.25, 0.3) is 0 Å². The first kappa shape index (κ1) is 22.7. The SMILES string of the molecule is CCOC(=O)/C=C/C(=O)NC(=S)Nc1ccc(S(=O)(=O)NC(C)CC)cc1. The van der Waals surface area contributed by atoms with Crippen LogP contribution in [0, 0.1) is 0 Å². The molecule has 1 unspecified atom stereocenters. The number of anilines is 1. The molecule has 0 saturated carbocycles. The minimum absolute atomic E-state index is 0.00171. The molecule has 1 aromatic rings. The zero-order valence-corrected chi connectivity index (χ0v) is 16.9. The highest BCUT2D eigenvalue weighted by molar-refractivity contribution is 7.89. The number of carbonyl (C=O) groups excluding carboxylic acids is 2. The Morgan fingerprint density at radius 3 is 2.37 bits per heavy atom. The summed E-state index contributed by atoms with van der Waals surface area (Å²) in [6.45, 7) is 5.54. The van der Waals surface area contributed by atoms with Crippen molar-refractivity contribution in [2.24, 2.45) is 0 Å². The van der Waals surface area contributed by atoms with Crippen LogP contribution in [0.4, 0.5) is 5.69 Å². The Labute approximate surface area is 164 Å². The van der Waals surface area contributed by atoms with E-state index in [1.54, 1.807) is 13.8 Å².